The van der Waals surface area contributed by atoms with Crippen LogP contribution < -0.4 is 11.1 Å². The molecule has 1 aromatic carbocycles. The number of rotatable bonds is 2. The maximum Gasteiger partial charge on any atom is 0.259 e. The zero-order chi connectivity index (χ0) is 14.9. The molecule has 0 aliphatic heterocycles. The van der Waals surface area contributed by atoms with Crippen LogP contribution in [0, 0.1) is 24.4 Å². The van der Waals surface area contributed by atoms with Crippen LogP contribution in [0.1, 0.15) is 15.9 Å². The van der Waals surface area contributed by atoms with Crippen LogP contribution in [0.15, 0.2) is 24.4 Å². The van der Waals surface area contributed by atoms with Crippen molar-refractivity contribution in [3.8, 4) is 0 Å². The smallest absolute Gasteiger partial charge is 0.259 e. The van der Waals surface area contributed by atoms with Gasteiger partial charge in [-0.3, -0.25) is 4.79 Å². The zero-order valence-corrected chi connectivity index (χ0v) is 10.4. The summed E-state index contributed by atoms with van der Waals surface area (Å²) in [4.78, 5) is 15.3. The van der Waals surface area contributed by atoms with Gasteiger partial charge in [0.25, 0.3) is 5.91 Å². The second-order valence-electron chi connectivity index (χ2n) is 4.12. The molecular formula is C13H10F3N3O. The Balaban J connectivity index is 2.32. The highest BCUT2D eigenvalue weighted by molar-refractivity contribution is 6.07. The number of benzene rings is 1. The van der Waals surface area contributed by atoms with Crippen molar-refractivity contribution in [1.29, 1.82) is 0 Å². The van der Waals surface area contributed by atoms with Crippen molar-refractivity contribution in [2.75, 3.05) is 11.1 Å². The summed E-state index contributed by atoms with van der Waals surface area (Å²) in [5.74, 6) is -3.33. The van der Waals surface area contributed by atoms with Crippen molar-refractivity contribution in [1.82, 2.24) is 4.98 Å². The molecule has 3 N–H and O–H groups in total. The van der Waals surface area contributed by atoms with Crippen molar-refractivity contribution >= 4 is 17.4 Å². The molecule has 0 aliphatic rings. The number of aryl methyl sites for hydroxylation is 1. The lowest BCUT2D eigenvalue weighted by molar-refractivity contribution is 0.102. The Morgan fingerprint density at radius 2 is 1.90 bits per heavy atom. The molecule has 20 heavy (non-hydrogen) atoms. The third kappa shape index (κ3) is 2.71. The van der Waals surface area contributed by atoms with E-state index in [1.54, 1.807) is 0 Å². The fourth-order valence-electron chi connectivity index (χ4n) is 1.56. The molecule has 1 aromatic heterocycles. The SMILES string of the molecule is Cc1cc(F)c(NC(=O)c2cc(F)cnc2N)cc1F. The minimum Gasteiger partial charge on any atom is -0.383 e. The van der Waals surface area contributed by atoms with Crippen LogP contribution in [-0.4, -0.2) is 10.9 Å². The highest BCUT2D eigenvalue weighted by Gasteiger charge is 2.15. The number of carbonyl (C=O) groups is 1. The van der Waals surface area contributed by atoms with E-state index in [0.29, 0.717) is 0 Å². The number of aromatic nitrogens is 1. The molecule has 2 aromatic rings. The first-order chi connectivity index (χ1) is 9.38. The molecule has 0 saturated carbocycles. The summed E-state index contributed by atoms with van der Waals surface area (Å²) in [5, 5.41) is 2.12. The van der Waals surface area contributed by atoms with E-state index in [2.05, 4.69) is 10.3 Å². The van der Waals surface area contributed by atoms with Gasteiger partial charge in [0.15, 0.2) is 0 Å². The molecule has 104 valence electrons. The summed E-state index contributed by atoms with van der Waals surface area (Å²) < 4.78 is 39.9. The molecule has 0 unspecified atom stereocenters. The average Bonchev–Trinajstić information content (AvgIpc) is 2.38. The van der Waals surface area contributed by atoms with E-state index in [0.717, 1.165) is 24.4 Å². The summed E-state index contributed by atoms with van der Waals surface area (Å²) in [5.41, 5.74) is 4.92. The monoisotopic (exact) mass is 281 g/mol. The summed E-state index contributed by atoms with van der Waals surface area (Å²) >= 11 is 0. The predicted molar refractivity (Wildman–Crippen MR) is 67.7 cm³/mol. The van der Waals surface area contributed by atoms with E-state index in [4.69, 9.17) is 5.73 Å². The van der Waals surface area contributed by atoms with Gasteiger partial charge in [-0.1, -0.05) is 0 Å². The fraction of sp³-hybridized carbons (Fsp3) is 0.0769. The molecule has 0 radical (unpaired) electrons. The number of halogens is 3. The fourth-order valence-corrected chi connectivity index (χ4v) is 1.56. The van der Waals surface area contributed by atoms with Crippen molar-refractivity contribution in [2.24, 2.45) is 0 Å². The number of hydrogen-bond donors (Lipinski definition) is 2. The molecule has 2 rings (SSSR count). The molecule has 4 nitrogen and oxygen atoms in total. The van der Waals surface area contributed by atoms with E-state index >= 15 is 0 Å². The number of nitrogens with two attached hydrogens (primary N) is 1. The average molecular weight is 281 g/mol. The highest BCUT2D eigenvalue weighted by atomic mass is 19.1. The van der Waals surface area contributed by atoms with Crippen LogP contribution in [0.5, 0.6) is 0 Å². The van der Waals surface area contributed by atoms with Crippen LogP contribution in [0.4, 0.5) is 24.7 Å². The highest BCUT2D eigenvalue weighted by Crippen LogP contribution is 2.20. The number of carbonyl (C=O) groups excluding carboxylic acids is 1. The van der Waals surface area contributed by atoms with Crippen molar-refractivity contribution in [3.05, 3.63) is 53.0 Å². The van der Waals surface area contributed by atoms with Gasteiger partial charge in [0, 0.05) is 6.07 Å². The minimum atomic E-state index is -0.878. The van der Waals surface area contributed by atoms with Gasteiger partial charge in [-0.2, -0.15) is 0 Å². The lowest BCUT2D eigenvalue weighted by Gasteiger charge is -2.09. The van der Waals surface area contributed by atoms with E-state index in [9.17, 15) is 18.0 Å². The number of nitrogens with one attached hydrogen (secondary N) is 1. The van der Waals surface area contributed by atoms with Crippen LogP contribution in [-0.2, 0) is 0 Å². The van der Waals surface area contributed by atoms with Gasteiger partial charge < -0.3 is 11.1 Å². The largest absolute Gasteiger partial charge is 0.383 e. The van der Waals surface area contributed by atoms with Gasteiger partial charge in [0.2, 0.25) is 0 Å². The van der Waals surface area contributed by atoms with Crippen molar-refractivity contribution in [3.63, 3.8) is 0 Å². The first-order valence-corrected chi connectivity index (χ1v) is 5.56. The number of anilines is 2. The molecule has 1 amide bonds. The van der Waals surface area contributed by atoms with E-state index in [-0.39, 0.29) is 22.6 Å². The van der Waals surface area contributed by atoms with Gasteiger partial charge in [-0.15, -0.1) is 0 Å². The first-order valence-electron chi connectivity index (χ1n) is 5.56. The summed E-state index contributed by atoms with van der Waals surface area (Å²) in [6.45, 7) is 1.39. The van der Waals surface area contributed by atoms with E-state index in [1.165, 1.54) is 6.92 Å². The van der Waals surface area contributed by atoms with Gasteiger partial charge in [0.1, 0.15) is 23.3 Å². The summed E-state index contributed by atoms with van der Waals surface area (Å²) in [7, 11) is 0. The molecule has 0 saturated heterocycles. The maximum atomic E-state index is 13.6. The van der Waals surface area contributed by atoms with Gasteiger partial charge in [-0.05, 0) is 24.6 Å². The number of nitrogen functional groups attached to an aromatic ring is 1. The first kappa shape index (κ1) is 13.9. The lowest BCUT2D eigenvalue weighted by atomic mass is 10.2. The Labute approximate surface area is 112 Å². The topological polar surface area (TPSA) is 68.0 Å². The van der Waals surface area contributed by atoms with Crippen molar-refractivity contribution < 1.29 is 18.0 Å². The second-order valence-corrected chi connectivity index (χ2v) is 4.12. The predicted octanol–water partition coefficient (Wildman–Crippen LogP) is 2.64. The molecule has 0 fully saturated rings. The molecule has 0 aliphatic carbocycles. The number of hydrogen-bond acceptors (Lipinski definition) is 3. The number of nitrogens with zero attached hydrogens (tertiary/aromatic N) is 1. The van der Waals surface area contributed by atoms with Crippen molar-refractivity contribution in [2.45, 2.75) is 6.92 Å². The number of amides is 1. The Kier molecular flexibility index (Phi) is 3.60. The number of pyridine rings is 1. The van der Waals surface area contributed by atoms with E-state index in [1.807, 2.05) is 0 Å². The van der Waals surface area contributed by atoms with E-state index < -0.39 is 23.4 Å². The van der Waals surface area contributed by atoms with Gasteiger partial charge in [-0.25, -0.2) is 18.2 Å². The third-order valence-corrected chi connectivity index (χ3v) is 2.63. The maximum absolute atomic E-state index is 13.6. The lowest BCUT2D eigenvalue weighted by Crippen LogP contribution is -2.16. The molecular weight excluding hydrogens is 271 g/mol. The van der Waals surface area contributed by atoms with Crippen LogP contribution >= 0.6 is 0 Å². The summed E-state index contributed by atoms with van der Waals surface area (Å²) in [6.07, 6.45) is 0.845. The van der Waals surface area contributed by atoms with Crippen LogP contribution in [0.3, 0.4) is 0 Å². The molecule has 0 bridgehead atoms. The Hall–Kier alpha value is -2.57. The Bertz CT molecular complexity index is 689. The normalized spacial score (nSPS) is 10.4. The minimum absolute atomic E-state index is 0.104. The Morgan fingerprint density at radius 1 is 1.20 bits per heavy atom. The standard InChI is InChI=1S/C13H10F3N3O/c1-6-2-10(16)11(4-9(6)15)19-13(20)8-3-7(14)5-18-12(8)17/h2-5H,1H3,(H2,17,18)(H,19,20). The zero-order valence-electron chi connectivity index (χ0n) is 10.4. The quantitative estimate of drug-likeness (QED) is 0.889. The molecule has 7 heteroatoms. The molecule has 0 spiro atoms. The van der Waals surface area contributed by atoms with Crippen LogP contribution in [0.2, 0.25) is 0 Å². The Morgan fingerprint density at radius 3 is 2.60 bits per heavy atom. The second kappa shape index (κ2) is 5.20. The molecule has 1 heterocycles. The van der Waals surface area contributed by atoms with Gasteiger partial charge >= 0.3 is 0 Å². The third-order valence-electron chi connectivity index (χ3n) is 2.63. The van der Waals surface area contributed by atoms with Crippen LogP contribution in [0.25, 0.3) is 0 Å². The van der Waals surface area contributed by atoms with Gasteiger partial charge in [0.05, 0.1) is 17.4 Å². The molecule has 0 atom stereocenters. The summed E-state index contributed by atoms with van der Waals surface area (Å²) in [6, 6.07) is 2.64.